The van der Waals surface area contributed by atoms with Crippen LogP contribution in [0.4, 0.5) is 0 Å². The van der Waals surface area contributed by atoms with Gasteiger partial charge in [-0.2, -0.15) is 0 Å². The summed E-state index contributed by atoms with van der Waals surface area (Å²) < 4.78 is 0. The topological polar surface area (TPSA) is 56.1 Å². The van der Waals surface area contributed by atoms with Gasteiger partial charge in [-0.1, -0.05) is 6.92 Å². The second-order valence-corrected chi connectivity index (χ2v) is 2.61. The van der Waals surface area contributed by atoms with Crippen molar-refractivity contribution >= 4 is 18.2 Å². The highest BCUT2D eigenvalue weighted by Gasteiger charge is 2.20. The minimum Gasteiger partial charge on any atom is -0.391 e. The summed E-state index contributed by atoms with van der Waals surface area (Å²) >= 11 is 0. The third-order valence-corrected chi connectivity index (χ3v) is 1.71. The molecule has 2 atom stereocenters. The van der Waals surface area contributed by atoms with E-state index in [1.54, 1.807) is 0 Å². The Balaban J connectivity index is 0.000000810. The van der Waals surface area contributed by atoms with Crippen molar-refractivity contribution in [1.29, 1.82) is 5.41 Å². The monoisotopic (exact) mass is 164 g/mol. The highest BCUT2D eigenvalue weighted by molar-refractivity contribution is 5.85. The van der Waals surface area contributed by atoms with Crippen molar-refractivity contribution in [3.63, 3.8) is 0 Å². The molecule has 0 aliphatic carbocycles. The van der Waals surface area contributed by atoms with Gasteiger partial charge in [-0.3, -0.25) is 5.41 Å². The molecular weight excluding hydrogens is 152 g/mol. The fourth-order valence-electron chi connectivity index (χ4n) is 0.959. The molecule has 3 N–H and O–H groups in total. The fourth-order valence-corrected chi connectivity index (χ4v) is 0.959. The Morgan fingerprint density at radius 1 is 1.70 bits per heavy atom. The molecule has 0 bridgehead atoms. The van der Waals surface area contributed by atoms with Crippen molar-refractivity contribution in [3.05, 3.63) is 0 Å². The van der Waals surface area contributed by atoms with Gasteiger partial charge in [-0.15, -0.1) is 12.4 Å². The first-order chi connectivity index (χ1) is 4.20. The van der Waals surface area contributed by atoms with E-state index in [1.165, 1.54) is 0 Å². The van der Waals surface area contributed by atoms with Crippen LogP contribution in [0.5, 0.6) is 0 Å². The van der Waals surface area contributed by atoms with E-state index in [4.69, 9.17) is 10.5 Å². The molecule has 3 nitrogen and oxygen atoms in total. The summed E-state index contributed by atoms with van der Waals surface area (Å²) in [5.41, 5.74) is 0. The number of hydrogen-bond acceptors (Lipinski definition) is 2. The van der Waals surface area contributed by atoms with Gasteiger partial charge in [0.1, 0.15) is 0 Å². The van der Waals surface area contributed by atoms with Crippen LogP contribution in [0.15, 0.2) is 0 Å². The van der Waals surface area contributed by atoms with Crippen molar-refractivity contribution in [2.24, 2.45) is 5.92 Å². The van der Waals surface area contributed by atoms with Crippen LogP contribution in [0.25, 0.3) is 0 Å². The predicted molar refractivity (Wildman–Crippen MR) is 42.8 cm³/mol. The molecule has 1 saturated heterocycles. The van der Waals surface area contributed by atoms with Gasteiger partial charge in [0, 0.05) is 13.0 Å². The van der Waals surface area contributed by atoms with E-state index in [0.717, 1.165) is 0 Å². The second kappa shape index (κ2) is 3.78. The standard InChI is InChI=1S/C6H12N2O.ClH/c1-4-2-6(7)8-3-5(4)9;/h4-5,9H,2-3H2,1H3,(H2,7,8);1H. The molecule has 1 heterocycles. The summed E-state index contributed by atoms with van der Waals surface area (Å²) in [6.07, 6.45) is 0.417. The van der Waals surface area contributed by atoms with E-state index in [1.807, 2.05) is 6.92 Å². The third kappa shape index (κ3) is 2.15. The van der Waals surface area contributed by atoms with Crippen LogP contribution in [0.1, 0.15) is 13.3 Å². The molecule has 0 aromatic rings. The number of halogens is 1. The van der Waals surface area contributed by atoms with Crippen LogP contribution in [0.3, 0.4) is 0 Å². The molecule has 1 aliphatic rings. The van der Waals surface area contributed by atoms with E-state index >= 15 is 0 Å². The van der Waals surface area contributed by atoms with E-state index in [9.17, 15) is 0 Å². The van der Waals surface area contributed by atoms with E-state index in [2.05, 4.69) is 5.32 Å². The average molecular weight is 165 g/mol. The number of amidine groups is 1. The lowest BCUT2D eigenvalue weighted by molar-refractivity contribution is 0.113. The van der Waals surface area contributed by atoms with E-state index in [-0.39, 0.29) is 24.4 Å². The lowest BCUT2D eigenvalue weighted by Crippen LogP contribution is -2.42. The molecule has 60 valence electrons. The normalized spacial score (nSPS) is 32.4. The zero-order valence-electron chi connectivity index (χ0n) is 5.92. The number of nitrogens with one attached hydrogen (secondary N) is 2. The van der Waals surface area contributed by atoms with Crippen LogP contribution in [-0.2, 0) is 0 Å². The molecule has 0 aromatic heterocycles. The highest BCUT2D eigenvalue weighted by Crippen LogP contribution is 2.11. The summed E-state index contributed by atoms with van der Waals surface area (Å²) in [7, 11) is 0. The molecule has 0 amide bonds. The summed E-state index contributed by atoms with van der Waals surface area (Å²) in [6, 6.07) is 0. The molecule has 0 aromatic carbocycles. The first-order valence-electron chi connectivity index (χ1n) is 3.19. The molecule has 10 heavy (non-hydrogen) atoms. The van der Waals surface area contributed by atoms with Gasteiger partial charge in [0.15, 0.2) is 0 Å². The van der Waals surface area contributed by atoms with Crippen LogP contribution in [-0.4, -0.2) is 23.6 Å². The molecule has 1 rings (SSSR count). The quantitative estimate of drug-likeness (QED) is 0.485. The van der Waals surface area contributed by atoms with Gasteiger partial charge in [0.05, 0.1) is 11.9 Å². The maximum absolute atomic E-state index is 9.14. The molecule has 1 fully saturated rings. The smallest absolute Gasteiger partial charge is 0.0936 e. The van der Waals surface area contributed by atoms with Gasteiger partial charge >= 0.3 is 0 Å². The van der Waals surface area contributed by atoms with E-state index < -0.39 is 0 Å². The van der Waals surface area contributed by atoms with Crippen molar-refractivity contribution in [2.75, 3.05) is 6.54 Å². The van der Waals surface area contributed by atoms with Crippen molar-refractivity contribution in [1.82, 2.24) is 5.32 Å². The minimum atomic E-state index is -0.265. The Hall–Kier alpha value is -0.280. The molecule has 0 saturated carbocycles. The number of aliphatic hydroxyl groups is 1. The summed E-state index contributed by atoms with van der Waals surface area (Å²) in [4.78, 5) is 0. The number of hydrogen-bond donors (Lipinski definition) is 3. The van der Waals surface area contributed by atoms with Crippen molar-refractivity contribution in [3.8, 4) is 0 Å². The van der Waals surface area contributed by atoms with Crippen molar-refractivity contribution in [2.45, 2.75) is 19.4 Å². The average Bonchev–Trinajstić information content (AvgIpc) is 1.80. The molecular formula is C6H13ClN2O. The third-order valence-electron chi connectivity index (χ3n) is 1.71. The zero-order valence-corrected chi connectivity index (χ0v) is 6.74. The fraction of sp³-hybridized carbons (Fsp3) is 0.833. The lowest BCUT2D eigenvalue weighted by atomic mass is 9.97. The van der Waals surface area contributed by atoms with Crippen LogP contribution >= 0.6 is 12.4 Å². The number of rotatable bonds is 0. The second-order valence-electron chi connectivity index (χ2n) is 2.61. The van der Waals surface area contributed by atoms with Gasteiger partial charge in [0.25, 0.3) is 0 Å². The summed E-state index contributed by atoms with van der Waals surface area (Å²) in [6.45, 7) is 2.50. The van der Waals surface area contributed by atoms with Gasteiger partial charge in [-0.05, 0) is 5.92 Å². The molecule has 4 heteroatoms. The lowest BCUT2D eigenvalue weighted by Gasteiger charge is -2.25. The molecule has 0 radical (unpaired) electrons. The molecule has 2 unspecified atom stereocenters. The minimum absolute atomic E-state index is 0. The van der Waals surface area contributed by atoms with Crippen LogP contribution in [0.2, 0.25) is 0 Å². The Bertz CT molecular complexity index is 129. The van der Waals surface area contributed by atoms with E-state index in [0.29, 0.717) is 18.8 Å². The Labute approximate surface area is 66.7 Å². The molecule has 1 aliphatic heterocycles. The van der Waals surface area contributed by atoms with Gasteiger partial charge in [0.2, 0.25) is 0 Å². The Kier molecular flexibility index (Phi) is 3.68. The molecule has 0 spiro atoms. The van der Waals surface area contributed by atoms with Gasteiger partial charge in [-0.25, -0.2) is 0 Å². The first-order valence-corrected chi connectivity index (χ1v) is 3.19. The highest BCUT2D eigenvalue weighted by atomic mass is 35.5. The maximum Gasteiger partial charge on any atom is 0.0936 e. The van der Waals surface area contributed by atoms with Crippen LogP contribution in [0, 0.1) is 11.3 Å². The summed E-state index contributed by atoms with van der Waals surface area (Å²) in [5.74, 6) is 0.798. The van der Waals surface area contributed by atoms with Crippen LogP contribution < -0.4 is 5.32 Å². The SMILES string of the molecule is CC1CC(=N)NCC1O.Cl. The van der Waals surface area contributed by atoms with Gasteiger partial charge < -0.3 is 10.4 Å². The number of β-amino-alcohol motifs (C(OH)–C–C–N with tert-alkyl or cyclic N) is 1. The predicted octanol–water partition coefficient (Wildman–Crippen LogP) is 0.376. The zero-order chi connectivity index (χ0) is 6.85. The number of piperidine rings is 1. The first kappa shape index (κ1) is 9.72. The largest absolute Gasteiger partial charge is 0.391 e. The number of aliphatic hydroxyl groups excluding tert-OH is 1. The Morgan fingerprint density at radius 2 is 2.30 bits per heavy atom. The Morgan fingerprint density at radius 3 is 2.70 bits per heavy atom. The maximum atomic E-state index is 9.14. The van der Waals surface area contributed by atoms with Crippen molar-refractivity contribution < 1.29 is 5.11 Å². The summed E-state index contributed by atoms with van der Waals surface area (Å²) in [5, 5.41) is 19.1.